The average molecular weight is 429 g/mol. The first-order valence-electron chi connectivity index (χ1n) is 9.77. The van der Waals surface area contributed by atoms with Crippen LogP contribution in [-0.2, 0) is 9.53 Å². The van der Waals surface area contributed by atoms with Crippen molar-refractivity contribution in [1.82, 2.24) is 9.78 Å². The Kier molecular flexibility index (Phi) is 5.22. The molecule has 0 amide bonds. The van der Waals surface area contributed by atoms with E-state index in [1.54, 1.807) is 38.1 Å². The van der Waals surface area contributed by atoms with Crippen LogP contribution >= 0.6 is 0 Å². The van der Waals surface area contributed by atoms with Crippen molar-refractivity contribution in [1.29, 1.82) is 0 Å². The molecule has 0 radical (unpaired) electrons. The van der Waals surface area contributed by atoms with Crippen LogP contribution in [0.2, 0.25) is 0 Å². The van der Waals surface area contributed by atoms with Gasteiger partial charge in [0.05, 0.1) is 23.5 Å². The van der Waals surface area contributed by atoms with Crippen LogP contribution in [0.1, 0.15) is 13.8 Å². The lowest BCUT2D eigenvalue weighted by Crippen LogP contribution is -2.52. The van der Waals surface area contributed by atoms with Gasteiger partial charge in [0.15, 0.2) is 11.6 Å². The monoisotopic (exact) mass is 429 g/mol. The number of aromatic nitrogens is 2. The number of carboxylic acids is 1. The lowest BCUT2D eigenvalue weighted by Gasteiger charge is -2.39. The first-order chi connectivity index (χ1) is 14.7. The van der Waals surface area contributed by atoms with E-state index in [0.717, 1.165) is 16.8 Å². The normalized spacial score (nSPS) is 17.2. The molecule has 2 aromatic carbocycles. The zero-order valence-electron chi connectivity index (χ0n) is 17.0. The molecule has 162 valence electrons. The van der Waals surface area contributed by atoms with Gasteiger partial charge in [-0.15, -0.1) is 5.10 Å². The van der Waals surface area contributed by atoms with E-state index < -0.39 is 34.7 Å². The van der Waals surface area contributed by atoms with Gasteiger partial charge in [0, 0.05) is 24.5 Å². The van der Waals surface area contributed by atoms with Crippen LogP contribution in [0.15, 0.2) is 47.3 Å². The number of nitrogens with zero attached hydrogens (tertiary/aromatic N) is 3. The van der Waals surface area contributed by atoms with Crippen molar-refractivity contribution in [2.24, 2.45) is 5.41 Å². The third-order valence-corrected chi connectivity index (χ3v) is 5.65. The fourth-order valence-electron chi connectivity index (χ4n) is 3.64. The molecule has 1 fully saturated rings. The molecule has 3 aromatic rings. The van der Waals surface area contributed by atoms with Gasteiger partial charge in [-0.1, -0.05) is 18.2 Å². The first-order valence-corrected chi connectivity index (χ1v) is 9.77. The van der Waals surface area contributed by atoms with Gasteiger partial charge in [0.25, 0.3) is 5.56 Å². The van der Waals surface area contributed by atoms with E-state index in [0.29, 0.717) is 29.2 Å². The summed E-state index contributed by atoms with van der Waals surface area (Å²) >= 11 is 0. The minimum atomic E-state index is -1.15. The molecule has 0 bridgehead atoms. The van der Waals surface area contributed by atoms with Crippen LogP contribution in [0.5, 0.6) is 0 Å². The predicted octanol–water partition coefficient (Wildman–Crippen LogP) is 2.98. The second-order valence-corrected chi connectivity index (χ2v) is 8.01. The smallest absolute Gasteiger partial charge is 0.311 e. The molecule has 1 saturated heterocycles. The SMILES string of the molecule is CC(C)(C(=O)O)C1CN(c2nn(-c3ccc(F)cc3F)c(=O)c3ccccc23)CCO1. The van der Waals surface area contributed by atoms with Crippen molar-refractivity contribution in [3.8, 4) is 5.69 Å². The molecular weight excluding hydrogens is 408 g/mol. The number of morpholine rings is 1. The summed E-state index contributed by atoms with van der Waals surface area (Å²) in [6, 6.07) is 9.70. The number of ether oxygens (including phenoxy) is 1. The minimum Gasteiger partial charge on any atom is -0.481 e. The van der Waals surface area contributed by atoms with Crippen LogP contribution in [0.25, 0.3) is 16.5 Å². The summed E-state index contributed by atoms with van der Waals surface area (Å²) in [5.41, 5.74) is -1.86. The van der Waals surface area contributed by atoms with Crippen molar-refractivity contribution in [3.63, 3.8) is 0 Å². The van der Waals surface area contributed by atoms with Gasteiger partial charge in [0.1, 0.15) is 11.5 Å². The van der Waals surface area contributed by atoms with Crippen LogP contribution in [0.4, 0.5) is 14.6 Å². The molecule has 4 rings (SSSR count). The fourth-order valence-corrected chi connectivity index (χ4v) is 3.64. The largest absolute Gasteiger partial charge is 0.481 e. The predicted molar refractivity (Wildman–Crippen MR) is 111 cm³/mol. The average Bonchev–Trinajstić information content (AvgIpc) is 2.75. The summed E-state index contributed by atoms with van der Waals surface area (Å²) in [6.07, 6.45) is -0.623. The third kappa shape index (κ3) is 3.65. The number of fused-ring (bicyclic) bond motifs is 1. The Morgan fingerprint density at radius 2 is 1.90 bits per heavy atom. The molecule has 31 heavy (non-hydrogen) atoms. The minimum absolute atomic E-state index is 0.172. The standard InChI is InChI=1S/C22H21F2N3O4/c1-22(2,21(29)30)18-12-26(9-10-31-18)19-14-5-3-4-6-15(14)20(28)27(25-19)17-8-7-13(23)11-16(17)24/h3-8,11,18H,9-10,12H2,1-2H3,(H,29,30). The molecule has 7 nitrogen and oxygen atoms in total. The van der Waals surface area contributed by atoms with Crippen molar-refractivity contribution >= 4 is 22.6 Å². The molecule has 2 heterocycles. The van der Waals surface area contributed by atoms with E-state index in [9.17, 15) is 23.5 Å². The van der Waals surface area contributed by atoms with Crippen molar-refractivity contribution in [2.75, 3.05) is 24.6 Å². The Morgan fingerprint density at radius 3 is 2.58 bits per heavy atom. The highest BCUT2D eigenvalue weighted by molar-refractivity contribution is 5.91. The summed E-state index contributed by atoms with van der Waals surface area (Å²) in [7, 11) is 0. The Morgan fingerprint density at radius 1 is 1.19 bits per heavy atom. The van der Waals surface area contributed by atoms with E-state index in [1.807, 2.05) is 4.90 Å². The van der Waals surface area contributed by atoms with Crippen LogP contribution in [0.3, 0.4) is 0 Å². The Balaban J connectivity index is 1.87. The second kappa shape index (κ2) is 7.73. The molecule has 1 aliphatic rings. The number of carbonyl (C=O) groups is 1. The maximum Gasteiger partial charge on any atom is 0.311 e. The summed E-state index contributed by atoms with van der Waals surface area (Å²) < 4.78 is 34.5. The molecule has 1 unspecified atom stereocenters. The number of hydrogen-bond donors (Lipinski definition) is 1. The van der Waals surface area contributed by atoms with E-state index >= 15 is 0 Å². The molecule has 1 atom stereocenters. The molecule has 9 heteroatoms. The maximum atomic E-state index is 14.5. The molecule has 1 aromatic heterocycles. The van der Waals surface area contributed by atoms with E-state index in [4.69, 9.17) is 4.74 Å². The van der Waals surface area contributed by atoms with Gasteiger partial charge in [-0.3, -0.25) is 9.59 Å². The summed E-state index contributed by atoms with van der Waals surface area (Å²) in [5, 5.41) is 14.9. The van der Waals surface area contributed by atoms with Crippen LogP contribution in [0, 0.1) is 17.0 Å². The Hall–Kier alpha value is -3.33. The highest BCUT2D eigenvalue weighted by Gasteiger charge is 2.41. The molecular formula is C22H21F2N3O4. The van der Waals surface area contributed by atoms with Crippen molar-refractivity contribution in [2.45, 2.75) is 20.0 Å². The number of carboxylic acid groups (broad SMARTS) is 1. The molecule has 0 aliphatic carbocycles. The maximum absolute atomic E-state index is 14.5. The van der Waals surface area contributed by atoms with Gasteiger partial charge in [-0.2, -0.15) is 4.68 Å². The zero-order chi connectivity index (χ0) is 22.3. The van der Waals surface area contributed by atoms with E-state index in [-0.39, 0.29) is 18.8 Å². The number of halogens is 2. The molecule has 0 spiro atoms. The second-order valence-electron chi connectivity index (χ2n) is 8.01. The van der Waals surface area contributed by atoms with Crippen molar-refractivity contribution < 1.29 is 23.4 Å². The summed E-state index contributed by atoms with van der Waals surface area (Å²) in [5.74, 6) is -2.27. The fraction of sp³-hybridized carbons (Fsp3) is 0.318. The number of anilines is 1. The van der Waals surface area contributed by atoms with Crippen LogP contribution < -0.4 is 10.5 Å². The topological polar surface area (TPSA) is 84.7 Å². The van der Waals surface area contributed by atoms with Gasteiger partial charge in [0.2, 0.25) is 0 Å². The molecule has 0 saturated carbocycles. The quantitative estimate of drug-likeness (QED) is 0.687. The Labute approximate surface area is 176 Å². The lowest BCUT2D eigenvalue weighted by atomic mass is 9.85. The third-order valence-electron chi connectivity index (χ3n) is 5.65. The zero-order valence-corrected chi connectivity index (χ0v) is 17.0. The van der Waals surface area contributed by atoms with Gasteiger partial charge in [-0.25, -0.2) is 8.78 Å². The lowest BCUT2D eigenvalue weighted by molar-refractivity contribution is -0.157. The number of benzene rings is 2. The van der Waals surface area contributed by atoms with Crippen LogP contribution in [-0.4, -0.2) is 46.7 Å². The summed E-state index contributed by atoms with van der Waals surface area (Å²) in [6.45, 7) is 4.07. The summed E-state index contributed by atoms with van der Waals surface area (Å²) in [4.78, 5) is 26.6. The number of aliphatic carboxylic acids is 1. The van der Waals surface area contributed by atoms with Gasteiger partial charge in [-0.05, 0) is 32.0 Å². The Bertz CT molecular complexity index is 1230. The van der Waals surface area contributed by atoms with Gasteiger partial charge < -0.3 is 14.7 Å². The number of rotatable bonds is 4. The molecule has 1 aliphatic heterocycles. The highest BCUT2D eigenvalue weighted by atomic mass is 19.1. The molecule has 1 N–H and O–H groups in total. The van der Waals surface area contributed by atoms with Crippen molar-refractivity contribution in [3.05, 3.63) is 64.5 Å². The first kappa shape index (κ1) is 20.9. The van der Waals surface area contributed by atoms with E-state index in [2.05, 4.69) is 5.10 Å². The highest BCUT2D eigenvalue weighted by Crippen LogP contribution is 2.31. The van der Waals surface area contributed by atoms with Gasteiger partial charge >= 0.3 is 5.97 Å². The number of hydrogen-bond acceptors (Lipinski definition) is 5. The van der Waals surface area contributed by atoms with E-state index in [1.165, 1.54) is 0 Å².